The predicted octanol–water partition coefficient (Wildman–Crippen LogP) is 2.69. The molecule has 88 valence electrons. The fourth-order valence-corrected chi connectivity index (χ4v) is 3.13. The molecule has 0 bridgehead atoms. The summed E-state index contributed by atoms with van der Waals surface area (Å²) in [7, 11) is 0. The van der Waals surface area contributed by atoms with Crippen LogP contribution in [-0.2, 0) is 0 Å². The van der Waals surface area contributed by atoms with E-state index >= 15 is 0 Å². The van der Waals surface area contributed by atoms with Crippen molar-refractivity contribution in [2.24, 2.45) is 29.0 Å². The molecule has 2 aliphatic rings. The fourth-order valence-electron chi connectivity index (χ4n) is 3.13. The first-order valence-corrected chi connectivity index (χ1v) is 6.46. The van der Waals surface area contributed by atoms with Gasteiger partial charge in [-0.3, -0.25) is 11.3 Å². The first-order chi connectivity index (χ1) is 6.99. The van der Waals surface area contributed by atoms with Crippen LogP contribution >= 0.6 is 0 Å². The van der Waals surface area contributed by atoms with Crippen LogP contribution in [0, 0.1) is 23.2 Å². The summed E-state index contributed by atoms with van der Waals surface area (Å²) in [5, 5.41) is 0. The van der Waals surface area contributed by atoms with Crippen LogP contribution in [0.15, 0.2) is 0 Å². The zero-order chi connectivity index (χ0) is 11.1. The van der Waals surface area contributed by atoms with Crippen molar-refractivity contribution in [3.8, 4) is 0 Å². The second kappa shape index (κ2) is 4.06. The summed E-state index contributed by atoms with van der Waals surface area (Å²) in [5.74, 6) is 8.69. The van der Waals surface area contributed by atoms with Gasteiger partial charge in [-0.05, 0) is 55.3 Å². The summed E-state index contributed by atoms with van der Waals surface area (Å²) in [5.41, 5.74) is 3.50. The number of hydrazine groups is 1. The van der Waals surface area contributed by atoms with Gasteiger partial charge < -0.3 is 0 Å². The van der Waals surface area contributed by atoms with E-state index in [-0.39, 0.29) is 0 Å². The second-order valence-corrected chi connectivity index (χ2v) is 6.86. The third kappa shape index (κ3) is 2.94. The molecular weight excluding hydrogens is 184 g/mol. The molecule has 2 aliphatic carbocycles. The van der Waals surface area contributed by atoms with E-state index in [4.69, 9.17) is 5.84 Å². The van der Waals surface area contributed by atoms with E-state index in [9.17, 15) is 0 Å². The average Bonchev–Trinajstić information content (AvgIpc) is 2.73. The third-order valence-electron chi connectivity index (χ3n) is 4.27. The third-order valence-corrected chi connectivity index (χ3v) is 4.27. The SMILES string of the molecule is CC(C)(C)CCC(NN)C1CC2CC2C1. The molecule has 2 heteroatoms. The van der Waals surface area contributed by atoms with Crippen molar-refractivity contribution in [1.82, 2.24) is 5.43 Å². The molecule has 0 spiro atoms. The lowest BCUT2D eigenvalue weighted by molar-refractivity contribution is 0.270. The Morgan fingerprint density at radius 3 is 2.27 bits per heavy atom. The highest BCUT2D eigenvalue weighted by Crippen LogP contribution is 2.55. The minimum Gasteiger partial charge on any atom is -0.271 e. The molecule has 0 aromatic carbocycles. The van der Waals surface area contributed by atoms with Crippen LogP contribution in [0.1, 0.15) is 52.9 Å². The zero-order valence-electron chi connectivity index (χ0n) is 10.4. The van der Waals surface area contributed by atoms with Gasteiger partial charge in [0.1, 0.15) is 0 Å². The van der Waals surface area contributed by atoms with Crippen LogP contribution < -0.4 is 11.3 Å². The molecule has 3 atom stereocenters. The van der Waals surface area contributed by atoms with E-state index in [1.54, 1.807) is 0 Å². The first-order valence-electron chi connectivity index (χ1n) is 6.46. The molecule has 0 radical (unpaired) electrons. The molecule has 0 saturated heterocycles. The molecule has 2 nitrogen and oxygen atoms in total. The highest BCUT2D eigenvalue weighted by Gasteiger charge is 2.47. The second-order valence-electron chi connectivity index (χ2n) is 6.86. The quantitative estimate of drug-likeness (QED) is 0.553. The van der Waals surface area contributed by atoms with Gasteiger partial charge in [-0.25, -0.2) is 0 Å². The Balaban J connectivity index is 1.77. The molecule has 2 saturated carbocycles. The monoisotopic (exact) mass is 210 g/mol. The lowest BCUT2D eigenvalue weighted by Crippen LogP contribution is -2.41. The predicted molar refractivity (Wildman–Crippen MR) is 64.1 cm³/mol. The van der Waals surface area contributed by atoms with Gasteiger partial charge in [0.05, 0.1) is 0 Å². The standard InChI is InChI=1S/C13H26N2/c1-13(2,3)5-4-12(15-14)11-7-9-6-10(9)8-11/h9-12,15H,4-8,14H2,1-3H3. The molecule has 3 N–H and O–H groups in total. The average molecular weight is 210 g/mol. The Bertz CT molecular complexity index is 209. The molecule has 0 amide bonds. The van der Waals surface area contributed by atoms with Crippen LogP contribution in [0.5, 0.6) is 0 Å². The van der Waals surface area contributed by atoms with E-state index < -0.39 is 0 Å². The summed E-state index contributed by atoms with van der Waals surface area (Å²) in [4.78, 5) is 0. The zero-order valence-corrected chi connectivity index (χ0v) is 10.4. The fraction of sp³-hybridized carbons (Fsp3) is 1.00. The molecule has 0 aliphatic heterocycles. The molecule has 0 aromatic heterocycles. The molecule has 2 fully saturated rings. The maximum atomic E-state index is 5.69. The summed E-state index contributed by atoms with van der Waals surface area (Å²) < 4.78 is 0. The number of hydrogen-bond acceptors (Lipinski definition) is 2. The minimum absolute atomic E-state index is 0.441. The molecule has 0 aromatic rings. The summed E-state index contributed by atoms with van der Waals surface area (Å²) in [6, 6.07) is 0.567. The van der Waals surface area contributed by atoms with Crippen LogP contribution in [0.3, 0.4) is 0 Å². The van der Waals surface area contributed by atoms with Gasteiger partial charge in [-0.2, -0.15) is 0 Å². The largest absolute Gasteiger partial charge is 0.271 e. The molecular formula is C13H26N2. The molecule has 15 heavy (non-hydrogen) atoms. The lowest BCUT2D eigenvalue weighted by atomic mass is 9.84. The van der Waals surface area contributed by atoms with Gasteiger partial charge >= 0.3 is 0 Å². The Morgan fingerprint density at radius 1 is 1.20 bits per heavy atom. The van der Waals surface area contributed by atoms with Crippen molar-refractivity contribution < 1.29 is 0 Å². The number of hydrogen-bond donors (Lipinski definition) is 2. The first kappa shape index (κ1) is 11.4. The molecule has 2 rings (SSSR count). The van der Waals surface area contributed by atoms with E-state index in [1.165, 1.54) is 32.1 Å². The lowest BCUT2D eigenvalue weighted by Gasteiger charge is -2.27. The van der Waals surface area contributed by atoms with Crippen molar-refractivity contribution in [2.45, 2.75) is 58.9 Å². The van der Waals surface area contributed by atoms with Crippen LogP contribution in [0.4, 0.5) is 0 Å². The van der Waals surface area contributed by atoms with Gasteiger partial charge in [-0.15, -0.1) is 0 Å². The smallest absolute Gasteiger partial charge is 0.0239 e. The van der Waals surface area contributed by atoms with Crippen LogP contribution in [-0.4, -0.2) is 6.04 Å². The number of nitrogens with two attached hydrogens (primary N) is 1. The van der Waals surface area contributed by atoms with Gasteiger partial charge in [0.2, 0.25) is 0 Å². The summed E-state index contributed by atoms with van der Waals surface area (Å²) in [6.07, 6.45) is 6.89. The Morgan fingerprint density at radius 2 is 1.80 bits per heavy atom. The van der Waals surface area contributed by atoms with Crippen LogP contribution in [0.25, 0.3) is 0 Å². The van der Waals surface area contributed by atoms with Gasteiger partial charge in [0.15, 0.2) is 0 Å². The van der Waals surface area contributed by atoms with E-state index in [0.717, 1.165) is 17.8 Å². The maximum absolute atomic E-state index is 5.69. The van der Waals surface area contributed by atoms with Crippen molar-refractivity contribution in [1.29, 1.82) is 0 Å². The number of rotatable bonds is 4. The maximum Gasteiger partial charge on any atom is 0.0239 e. The van der Waals surface area contributed by atoms with Crippen molar-refractivity contribution in [3.05, 3.63) is 0 Å². The van der Waals surface area contributed by atoms with Crippen molar-refractivity contribution in [2.75, 3.05) is 0 Å². The highest BCUT2D eigenvalue weighted by molar-refractivity contribution is 4.99. The van der Waals surface area contributed by atoms with E-state index in [1.807, 2.05) is 0 Å². The molecule has 0 heterocycles. The van der Waals surface area contributed by atoms with Crippen molar-refractivity contribution >= 4 is 0 Å². The van der Waals surface area contributed by atoms with Gasteiger partial charge in [-0.1, -0.05) is 20.8 Å². The minimum atomic E-state index is 0.441. The van der Waals surface area contributed by atoms with Gasteiger partial charge in [0, 0.05) is 6.04 Å². The van der Waals surface area contributed by atoms with E-state index in [0.29, 0.717) is 11.5 Å². The Labute approximate surface area is 94.0 Å². The Kier molecular flexibility index (Phi) is 3.09. The van der Waals surface area contributed by atoms with Gasteiger partial charge in [0.25, 0.3) is 0 Å². The summed E-state index contributed by atoms with van der Waals surface area (Å²) >= 11 is 0. The topological polar surface area (TPSA) is 38.0 Å². The van der Waals surface area contributed by atoms with Crippen molar-refractivity contribution in [3.63, 3.8) is 0 Å². The Hall–Kier alpha value is -0.0800. The van der Waals surface area contributed by atoms with Crippen LogP contribution in [0.2, 0.25) is 0 Å². The normalized spacial score (nSPS) is 36.4. The summed E-state index contributed by atoms with van der Waals surface area (Å²) in [6.45, 7) is 6.94. The number of fused-ring (bicyclic) bond motifs is 1. The van der Waals surface area contributed by atoms with E-state index in [2.05, 4.69) is 26.2 Å². The number of nitrogens with one attached hydrogen (secondary N) is 1. The highest BCUT2D eigenvalue weighted by atomic mass is 15.2. The molecule has 3 unspecified atom stereocenters.